The van der Waals surface area contributed by atoms with E-state index in [0.717, 1.165) is 17.0 Å². The molecular weight excluding hydrogens is 285 g/mol. The average molecular weight is 299 g/mol. The standard InChI is InChI=1S/C17H14FNOS/c18-16-9-5-4-8-14(16)11-21-12-15-10-17(19-20-15)13-6-2-1-3-7-13/h1-10H,11-12H2. The molecule has 0 radical (unpaired) electrons. The van der Waals surface area contributed by atoms with Crippen LogP contribution in [0.4, 0.5) is 4.39 Å². The molecule has 0 saturated heterocycles. The van der Waals surface area contributed by atoms with Crippen molar-refractivity contribution in [3.05, 3.63) is 77.8 Å². The van der Waals surface area contributed by atoms with E-state index in [9.17, 15) is 4.39 Å². The van der Waals surface area contributed by atoms with Crippen LogP contribution in [0.15, 0.2) is 65.2 Å². The van der Waals surface area contributed by atoms with Gasteiger partial charge in [-0.05, 0) is 11.6 Å². The number of hydrogen-bond acceptors (Lipinski definition) is 3. The summed E-state index contributed by atoms with van der Waals surface area (Å²) < 4.78 is 18.8. The quantitative estimate of drug-likeness (QED) is 0.669. The van der Waals surface area contributed by atoms with E-state index in [-0.39, 0.29) is 5.82 Å². The van der Waals surface area contributed by atoms with Gasteiger partial charge in [-0.1, -0.05) is 53.7 Å². The fourth-order valence-electron chi connectivity index (χ4n) is 2.00. The molecule has 0 aliphatic rings. The minimum absolute atomic E-state index is 0.160. The Bertz CT molecular complexity index is 712. The van der Waals surface area contributed by atoms with Crippen LogP contribution in [0.2, 0.25) is 0 Å². The third kappa shape index (κ3) is 3.52. The molecule has 0 spiro atoms. The largest absolute Gasteiger partial charge is 0.360 e. The highest BCUT2D eigenvalue weighted by Gasteiger charge is 2.07. The molecule has 1 heterocycles. The Balaban J connectivity index is 1.60. The normalized spacial score (nSPS) is 10.7. The maximum absolute atomic E-state index is 13.5. The van der Waals surface area contributed by atoms with Crippen LogP contribution in [0.25, 0.3) is 11.3 Å². The van der Waals surface area contributed by atoms with Gasteiger partial charge in [-0.15, -0.1) is 11.8 Å². The van der Waals surface area contributed by atoms with Crippen LogP contribution in [0.1, 0.15) is 11.3 Å². The van der Waals surface area contributed by atoms with Crippen molar-refractivity contribution in [2.24, 2.45) is 0 Å². The van der Waals surface area contributed by atoms with Gasteiger partial charge in [-0.3, -0.25) is 0 Å². The fourth-order valence-corrected chi connectivity index (χ4v) is 2.90. The Morgan fingerprint density at radius 3 is 2.52 bits per heavy atom. The number of hydrogen-bond donors (Lipinski definition) is 0. The first kappa shape index (κ1) is 13.9. The average Bonchev–Trinajstić information content (AvgIpc) is 2.99. The lowest BCUT2D eigenvalue weighted by Crippen LogP contribution is -1.86. The monoisotopic (exact) mass is 299 g/mol. The second kappa shape index (κ2) is 6.59. The summed E-state index contributed by atoms with van der Waals surface area (Å²) >= 11 is 1.61. The van der Waals surface area contributed by atoms with E-state index in [1.54, 1.807) is 23.9 Å². The minimum atomic E-state index is -0.160. The maximum Gasteiger partial charge on any atom is 0.147 e. The molecule has 1 aromatic heterocycles. The second-order valence-electron chi connectivity index (χ2n) is 4.63. The van der Waals surface area contributed by atoms with Gasteiger partial charge in [0.25, 0.3) is 0 Å². The minimum Gasteiger partial charge on any atom is -0.360 e. The van der Waals surface area contributed by atoms with Crippen molar-refractivity contribution in [1.29, 1.82) is 0 Å². The van der Waals surface area contributed by atoms with Crippen LogP contribution in [-0.4, -0.2) is 5.16 Å². The second-order valence-corrected chi connectivity index (χ2v) is 5.61. The van der Waals surface area contributed by atoms with E-state index in [4.69, 9.17) is 4.52 Å². The van der Waals surface area contributed by atoms with Crippen LogP contribution in [-0.2, 0) is 11.5 Å². The molecule has 4 heteroatoms. The topological polar surface area (TPSA) is 26.0 Å². The highest BCUT2D eigenvalue weighted by Crippen LogP contribution is 2.23. The molecule has 0 bridgehead atoms. The molecule has 0 aliphatic carbocycles. The first-order valence-electron chi connectivity index (χ1n) is 6.65. The maximum atomic E-state index is 13.5. The van der Waals surface area contributed by atoms with Crippen LogP contribution >= 0.6 is 11.8 Å². The van der Waals surface area contributed by atoms with Gasteiger partial charge in [0.15, 0.2) is 0 Å². The van der Waals surface area contributed by atoms with Crippen LogP contribution in [0, 0.1) is 5.82 Å². The molecule has 21 heavy (non-hydrogen) atoms. The zero-order valence-corrected chi connectivity index (χ0v) is 12.1. The van der Waals surface area contributed by atoms with E-state index in [1.165, 1.54) is 6.07 Å². The first-order chi connectivity index (χ1) is 10.3. The molecule has 0 amide bonds. The van der Waals surface area contributed by atoms with E-state index < -0.39 is 0 Å². The molecule has 0 unspecified atom stereocenters. The van der Waals surface area contributed by atoms with Crippen molar-refractivity contribution in [2.45, 2.75) is 11.5 Å². The van der Waals surface area contributed by atoms with Crippen molar-refractivity contribution >= 4 is 11.8 Å². The molecule has 3 rings (SSSR count). The van der Waals surface area contributed by atoms with Gasteiger partial charge in [0.2, 0.25) is 0 Å². The van der Waals surface area contributed by atoms with Gasteiger partial charge < -0.3 is 4.52 Å². The van der Waals surface area contributed by atoms with Crippen molar-refractivity contribution in [2.75, 3.05) is 0 Å². The van der Waals surface area contributed by atoms with Gasteiger partial charge in [0.05, 0.1) is 5.75 Å². The number of thioether (sulfide) groups is 1. The van der Waals surface area contributed by atoms with Crippen LogP contribution in [0.3, 0.4) is 0 Å². The molecule has 0 aliphatic heterocycles. The van der Waals surface area contributed by atoms with E-state index in [1.807, 2.05) is 42.5 Å². The molecule has 0 saturated carbocycles. The summed E-state index contributed by atoms with van der Waals surface area (Å²) in [6, 6.07) is 18.7. The number of benzene rings is 2. The summed E-state index contributed by atoms with van der Waals surface area (Å²) in [5.74, 6) is 1.94. The predicted octanol–water partition coefficient (Wildman–Crippen LogP) is 4.91. The van der Waals surface area contributed by atoms with Gasteiger partial charge in [0, 0.05) is 17.4 Å². The molecule has 0 N–H and O–H groups in total. The summed E-state index contributed by atoms with van der Waals surface area (Å²) in [5, 5.41) is 4.07. The zero-order chi connectivity index (χ0) is 14.5. The van der Waals surface area contributed by atoms with Gasteiger partial charge in [-0.25, -0.2) is 4.39 Å². The van der Waals surface area contributed by atoms with Crippen molar-refractivity contribution in [3.63, 3.8) is 0 Å². The lowest BCUT2D eigenvalue weighted by molar-refractivity contribution is 0.397. The van der Waals surface area contributed by atoms with Gasteiger partial charge in [-0.2, -0.15) is 0 Å². The Morgan fingerprint density at radius 2 is 1.71 bits per heavy atom. The predicted molar refractivity (Wildman–Crippen MR) is 83.3 cm³/mol. The highest BCUT2D eigenvalue weighted by atomic mass is 32.2. The Morgan fingerprint density at radius 1 is 0.952 bits per heavy atom. The third-order valence-electron chi connectivity index (χ3n) is 3.09. The van der Waals surface area contributed by atoms with Crippen molar-refractivity contribution < 1.29 is 8.91 Å². The van der Waals surface area contributed by atoms with Crippen molar-refractivity contribution in [1.82, 2.24) is 5.16 Å². The molecule has 0 fully saturated rings. The Labute approximate surface area is 127 Å². The van der Waals surface area contributed by atoms with E-state index in [0.29, 0.717) is 17.1 Å². The third-order valence-corrected chi connectivity index (χ3v) is 4.09. The van der Waals surface area contributed by atoms with Gasteiger partial charge >= 0.3 is 0 Å². The fraction of sp³-hybridized carbons (Fsp3) is 0.118. The zero-order valence-electron chi connectivity index (χ0n) is 11.3. The molecule has 106 valence electrons. The van der Waals surface area contributed by atoms with E-state index in [2.05, 4.69) is 5.16 Å². The number of nitrogens with zero attached hydrogens (tertiary/aromatic N) is 1. The summed E-state index contributed by atoms with van der Waals surface area (Å²) in [5.41, 5.74) is 2.58. The molecule has 0 atom stereocenters. The SMILES string of the molecule is Fc1ccccc1CSCc1cc(-c2ccccc2)no1. The molecule has 2 aromatic carbocycles. The lowest BCUT2D eigenvalue weighted by Gasteiger charge is -2.01. The molecule has 2 nitrogen and oxygen atoms in total. The summed E-state index contributed by atoms with van der Waals surface area (Å²) in [7, 11) is 0. The van der Waals surface area contributed by atoms with Crippen molar-refractivity contribution in [3.8, 4) is 11.3 Å². The van der Waals surface area contributed by atoms with E-state index >= 15 is 0 Å². The van der Waals surface area contributed by atoms with Crippen LogP contribution < -0.4 is 0 Å². The smallest absolute Gasteiger partial charge is 0.147 e. The first-order valence-corrected chi connectivity index (χ1v) is 7.80. The summed E-state index contributed by atoms with van der Waals surface area (Å²) in [6.07, 6.45) is 0. The Kier molecular flexibility index (Phi) is 4.36. The molecule has 3 aromatic rings. The van der Waals surface area contributed by atoms with Crippen LogP contribution in [0.5, 0.6) is 0 Å². The number of rotatable bonds is 5. The van der Waals surface area contributed by atoms with Gasteiger partial charge in [0.1, 0.15) is 17.3 Å². The molecular formula is C17H14FNOS. The Hall–Kier alpha value is -2.07. The lowest BCUT2D eigenvalue weighted by atomic mass is 10.1. The number of aromatic nitrogens is 1. The highest BCUT2D eigenvalue weighted by molar-refractivity contribution is 7.97. The summed E-state index contributed by atoms with van der Waals surface area (Å²) in [4.78, 5) is 0. The summed E-state index contributed by atoms with van der Waals surface area (Å²) in [6.45, 7) is 0. The number of halogens is 1.